The first-order chi connectivity index (χ1) is 12.6. The van der Waals surface area contributed by atoms with E-state index in [1.807, 2.05) is 4.90 Å². The average molecular weight is 358 g/mol. The van der Waals surface area contributed by atoms with Crippen LogP contribution in [0.25, 0.3) is 0 Å². The molecule has 1 aliphatic rings. The van der Waals surface area contributed by atoms with Crippen LogP contribution in [0.2, 0.25) is 0 Å². The number of likely N-dealkylation sites (tertiary alicyclic amines) is 1. The third-order valence-electron chi connectivity index (χ3n) is 4.52. The number of hydrogen-bond acceptors (Lipinski definition) is 6. The molecule has 138 valence electrons. The number of carbonyl (C=O) groups excluding carboxylic acids is 2. The van der Waals surface area contributed by atoms with Crippen LogP contribution in [0, 0.1) is 0 Å². The largest absolute Gasteiger partial charge is 0.497 e. The second kappa shape index (κ2) is 8.05. The van der Waals surface area contributed by atoms with Crippen molar-refractivity contribution >= 4 is 17.6 Å². The van der Waals surface area contributed by atoms with Gasteiger partial charge in [0.2, 0.25) is 5.91 Å². The van der Waals surface area contributed by atoms with E-state index >= 15 is 0 Å². The van der Waals surface area contributed by atoms with Gasteiger partial charge in [-0.3, -0.25) is 9.69 Å². The molecule has 0 saturated carbocycles. The fourth-order valence-electron chi connectivity index (χ4n) is 3.15. The number of nitrogens with one attached hydrogen (secondary N) is 1. The number of methoxy groups -OCH3 is 2. The van der Waals surface area contributed by atoms with Crippen molar-refractivity contribution in [3.63, 3.8) is 0 Å². The Kier molecular flexibility index (Phi) is 5.58. The number of nitrogens with zero attached hydrogens (tertiary/aromatic N) is 1. The van der Waals surface area contributed by atoms with E-state index in [1.54, 1.807) is 37.4 Å². The van der Waals surface area contributed by atoms with Gasteiger partial charge in [0.05, 0.1) is 33.1 Å². The maximum Gasteiger partial charge on any atom is 0.341 e. The molecule has 1 N–H and O–H groups in total. The summed E-state index contributed by atoms with van der Waals surface area (Å²) in [6.07, 6.45) is 3.13. The van der Waals surface area contributed by atoms with Crippen molar-refractivity contribution in [1.29, 1.82) is 0 Å². The van der Waals surface area contributed by atoms with Crippen molar-refractivity contribution in [2.24, 2.45) is 0 Å². The minimum Gasteiger partial charge on any atom is -0.497 e. The lowest BCUT2D eigenvalue weighted by atomic mass is 10.2. The molecule has 26 heavy (non-hydrogen) atoms. The number of benzene rings is 1. The molecule has 0 radical (unpaired) electrons. The summed E-state index contributed by atoms with van der Waals surface area (Å²) in [6.45, 7) is 1.15. The second-order valence-corrected chi connectivity index (χ2v) is 6.10. The van der Waals surface area contributed by atoms with Gasteiger partial charge in [-0.1, -0.05) is 0 Å². The van der Waals surface area contributed by atoms with Gasteiger partial charge in [0.15, 0.2) is 0 Å². The van der Waals surface area contributed by atoms with Crippen LogP contribution in [0.1, 0.15) is 29.0 Å². The summed E-state index contributed by atoms with van der Waals surface area (Å²) in [5.74, 6) is 0.741. The molecule has 1 aromatic carbocycles. The number of furan rings is 1. The Morgan fingerprint density at radius 3 is 2.69 bits per heavy atom. The fourth-order valence-corrected chi connectivity index (χ4v) is 3.15. The molecule has 7 heteroatoms. The lowest BCUT2D eigenvalue weighted by Gasteiger charge is -2.23. The van der Waals surface area contributed by atoms with Gasteiger partial charge in [-0.25, -0.2) is 4.79 Å². The molecular weight excluding hydrogens is 336 g/mol. The summed E-state index contributed by atoms with van der Waals surface area (Å²) < 4.78 is 15.3. The zero-order valence-electron chi connectivity index (χ0n) is 14.9. The molecule has 3 rings (SSSR count). The lowest BCUT2D eigenvalue weighted by molar-refractivity contribution is -0.120. The predicted octanol–water partition coefficient (Wildman–Crippen LogP) is 2.68. The van der Waals surface area contributed by atoms with Crippen LogP contribution in [-0.2, 0) is 16.1 Å². The van der Waals surface area contributed by atoms with Crippen LogP contribution in [0.4, 0.5) is 5.69 Å². The molecule has 0 bridgehead atoms. The van der Waals surface area contributed by atoms with Gasteiger partial charge in [-0.15, -0.1) is 0 Å². The molecule has 0 spiro atoms. The van der Waals surface area contributed by atoms with Gasteiger partial charge in [-0.2, -0.15) is 0 Å². The second-order valence-electron chi connectivity index (χ2n) is 6.10. The molecule has 1 aliphatic heterocycles. The highest BCUT2D eigenvalue weighted by molar-refractivity contribution is 5.95. The van der Waals surface area contributed by atoms with Crippen LogP contribution in [-0.4, -0.2) is 43.6 Å². The molecule has 1 atom stereocenters. The number of rotatable bonds is 6. The van der Waals surface area contributed by atoms with Gasteiger partial charge in [0, 0.05) is 5.69 Å². The number of ether oxygens (including phenoxy) is 2. The summed E-state index contributed by atoms with van der Waals surface area (Å²) >= 11 is 0. The summed E-state index contributed by atoms with van der Waals surface area (Å²) in [6, 6.07) is 8.52. The van der Waals surface area contributed by atoms with Gasteiger partial charge >= 0.3 is 5.97 Å². The Morgan fingerprint density at radius 2 is 2.00 bits per heavy atom. The molecule has 7 nitrogen and oxygen atoms in total. The van der Waals surface area contributed by atoms with E-state index in [-0.39, 0.29) is 11.9 Å². The normalized spacial score (nSPS) is 17.1. The molecule has 1 saturated heterocycles. The molecule has 0 aliphatic carbocycles. The number of hydrogen-bond donors (Lipinski definition) is 1. The SMILES string of the molecule is COC(=O)c1ccoc1CN1CCC[C@H]1C(=O)Nc1ccc(OC)cc1. The molecule has 1 aromatic heterocycles. The van der Waals surface area contributed by atoms with Crippen LogP contribution in [0.5, 0.6) is 5.75 Å². The average Bonchev–Trinajstić information content (AvgIpc) is 3.31. The quantitative estimate of drug-likeness (QED) is 0.800. The van der Waals surface area contributed by atoms with Crippen molar-refractivity contribution in [3.8, 4) is 5.75 Å². The fraction of sp³-hybridized carbons (Fsp3) is 0.368. The zero-order chi connectivity index (χ0) is 18.5. The first kappa shape index (κ1) is 18.0. The maximum absolute atomic E-state index is 12.7. The topological polar surface area (TPSA) is 81.0 Å². The third-order valence-corrected chi connectivity index (χ3v) is 4.52. The first-order valence-corrected chi connectivity index (χ1v) is 8.46. The van der Waals surface area contributed by atoms with E-state index < -0.39 is 5.97 Å². The van der Waals surface area contributed by atoms with Gasteiger partial charge < -0.3 is 19.2 Å². The molecule has 1 amide bonds. The van der Waals surface area contributed by atoms with Crippen molar-refractivity contribution in [2.45, 2.75) is 25.4 Å². The summed E-state index contributed by atoms with van der Waals surface area (Å²) in [5.41, 5.74) is 1.12. The van der Waals surface area contributed by atoms with E-state index in [9.17, 15) is 9.59 Å². The summed E-state index contributed by atoms with van der Waals surface area (Å²) in [7, 11) is 2.93. The highest BCUT2D eigenvalue weighted by Crippen LogP contribution is 2.24. The van der Waals surface area contributed by atoms with E-state index in [0.29, 0.717) is 17.9 Å². The Morgan fingerprint density at radius 1 is 1.23 bits per heavy atom. The number of anilines is 1. The van der Waals surface area contributed by atoms with E-state index in [1.165, 1.54) is 13.4 Å². The number of carbonyl (C=O) groups is 2. The number of amides is 1. The highest BCUT2D eigenvalue weighted by Gasteiger charge is 2.32. The molecule has 1 fully saturated rings. The standard InChI is InChI=1S/C19H22N2O5/c1-24-14-7-5-13(6-8-14)20-18(22)16-4-3-10-21(16)12-17-15(9-11-26-17)19(23)25-2/h5-9,11,16H,3-4,10,12H2,1-2H3,(H,20,22)/t16-/m0/s1. The lowest BCUT2D eigenvalue weighted by Crippen LogP contribution is -2.39. The molecule has 2 aromatic rings. The summed E-state index contributed by atoms with van der Waals surface area (Å²) in [4.78, 5) is 26.5. The van der Waals surface area contributed by atoms with E-state index in [4.69, 9.17) is 13.9 Å². The Bertz CT molecular complexity index is 768. The Labute approximate surface area is 151 Å². The van der Waals surface area contributed by atoms with Crippen LogP contribution in [0.3, 0.4) is 0 Å². The van der Waals surface area contributed by atoms with E-state index in [2.05, 4.69) is 5.32 Å². The predicted molar refractivity (Wildman–Crippen MR) is 95.1 cm³/mol. The van der Waals surface area contributed by atoms with Crippen molar-refractivity contribution < 1.29 is 23.5 Å². The third kappa shape index (κ3) is 3.88. The van der Waals surface area contributed by atoms with Crippen molar-refractivity contribution in [2.75, 3.05) is 26.1 Å². The van der Waals surface area contributed by atoms with Gasteiger partial charge in [-0.05, 0) is 49.7 Å². The smallest absolute Gasteiger partial charge is 0.341 e. The Balaban J connectivity index is 1.66. The van der Waals surface area contributed by atoms with Crippen LogP contribution in [0.15, 0.2) is 41.0 Å². The zero-order valence-corrected chi connectivity index (χ0v) is 14.9. The van der Waals surface area contributed by atoms with Crippen LogP contribution < -0.4 is 10.1 Å². The van der Waals surface area contributed by atoms with Crippen LogP contribution >= 0.6 is 0 Å². The minimum absolute atomic E-state index is 0.0705. The van der Waals surface area contributed by atoms with Crippen molar-refractivity contribution in [1.82, 2.24) is 4.90 Å². The minimum atomic E-state index is -0.438. The molecular formula is C19H22N2O5. The molecule has 2 heterocycles. The maximum atomic E-state index is 12.7. The Hall–Kier alpha value is -2.80. The van der Waals surface area contributed by atoms with Gasteiger partial charge in [0.1, 0.15) is 17.1 Å². The monoisotopic (exact) mass is 358 g/mol. The summed E-state index contributed by atoms with van der Waals surface area (Å²) in [5, 5.41) is 2.93. The van der Waals surface area contributed by atoms with E-state index in [0.717, 1.165) is 30.8 Å². The first-order valence-electron chi connectivity index (χ1n) is 8.46. The van der Waals surface area contributed by atoms with Gasteiger partial charge in [0.25, 0.3) is 0 Å². The van der Waals surface area contributed by atoms with Crippen molar-refractivity contribution in [3.05, 3.63) is 47.9 Å². The highest BCUT2D eigenvalue weighted by atomic mass is 16.5. The number of esters is 1. The molecule has 0 unspecified atom stereocenters.